The molecule has 1 aromatic heterocycles. The minimum atomic E-state index is -0.502. The lowest BCUT2D eigenvalue weighted by molar-refractivity contribution is -0.0261. The van der Waals surface area contributed by atoms with Crippen molar-refractivity contribution in [3.63, 3.8) is 0 Å². The van der Waals surface area contributed by atoms with Crippen LogP contribution in [0.25, 0.3) is 0 Å². The molecular formula is C20H33N3O2. The highest BCUT2D eigenvalue weighted by Gasteiger charge is 2.35. The number of rotatable bonds is 5. The van der Waals surface area contributed by atoms with Crippen molar-refractivity contribution in [1.82, 2.24) is 14.7 Å². The van der Waals surface area contributed by atoms with Gasteiger partial charge >= 0.3 is 0 Å². The van der Waals surface area contributed by atoms with Crippen LogP contribution in [0.5, 0.6) is 0 Å². The molecule has 0 spiro atoms. The molecule has 1 unspecified atom stereocenters. The second-order valence-corrected chi connectivity index (χ2v) is 8.20. The SMILES string of the molecule is Cc1ccc(C(O)CN2CC(N3CCN(C4CCCCC4)CC3)C2)o1. The molecule has 2 aliphatic heterocycles. The fourth-order valence-corrected chi connectivity index (χ4v) is 4.80. The molecule has 5 nitrogen and oxygen atoms in total. The molecule has 1 aliphatic carbocycles. The summed E-state index contributed by atoms with van der Waals surface area (Å²) in [5, 5.41) is 10.3. The highest BCUT2D eigenvalue weighted by atomic mass is 16.4. The lowest BCUT2D eigenvalue weighted by Crippen LogP contribution is -2.64. The maximum absolute atomic E-state index is 10.3. The van der Waals surface area contributed by atoms with E-state index < -0.39 is 6.10 Å². The molecule has 0 amide bonds. The van der Waals surface area contributed by atoms with Crippen LogP contribution in [0, 0.1) is 6.92 Å². The van der Waals surface area contributed by atoms with Crippen LogP contribution >= 0.6 is 0 Å². The summed E-state index contributed by atoms with van der Waals surface area (Å²) in [7, 11) is 0. The Balaban J connectivity index is 1.17. The number of nitrogens with zero attached hydrogens (tertiary/aromatic N) is 3. The fraction of sp³-hybridized carbons (Fsp3) is 0.800. The molecule has 0 aromatic carbocycles. The Morgan fingerprint density at radius 2 is 1.64 bits per heavy atom. The Morgan fingerprint density at radius 3 is 2.24 bits per heavy atom. The summed E-state index contributed by atoms with van der Waals surface area (Å²) in [6, 6.07) is 5.35. The van der Waals surface area contributed by atoms with Crippen molar-refractivity contribution in [2.24, 2.45) is 0 Å². The van der Waals surface area contributed by atoms with E-state index in [4.69, 9.17) is 4.42 Å². The zero-order valence-electron chi connectivity index (χ0n) is 15.6. The van der Waals surface area contributed by atoms with Crippen LogP contribution < -0.4 is 0 Å². The van der Waals surface area contributed by atoms with Gasteiger partial charge in [0.05, 0.1) is 0 Å². The van der Waals surface area contributed by atoms with E-state index in [0.717, 1.165) is 24.9 Å². The largest absolute Gasteiger partial charge is 0.464 e. The van der Waals surface area contributed by atoms with Crippen molar-refractivity contribution >= 4 is 0 Å². The van der Waals surface area contributed by atoms with Crippen LogP contribution in [-0.2, 0) is 0 Å². The van der Waals surface area contributed by atoms with Gasteiger partial charge in [0.15, 0.2) is 0 Å². The second kappa shape index (κ2) is 7.78. The number of hydrogen-bond donors (Lipinski definition) is 1. The quantitative estimate of drug-likeness (QED) is 0.885. The Kier molecular flexibility index (Phi) is 5.46. The van der Waals surface area contributed by atoms with Crippen molar-refractivity contribution < 1.29 is 9.52 Å². The summed E-state index contributed by atoms with van der Waals surface area (Å²) < 4.78 is 5.53. The van der Waals surface area contributed by atoms with Gasteiger partial charge in [-0.05, 0) is 31.9 Å². The third-order valence-electron chi connectivity index (χ3n) is 6.41. The van der Waals surface area contributed by atoms with E-state index in [0.29, 0.717) is 18.3 Å². The Hall–Kier alpha value is -0.880. The van der Waals surface area contributed by atoms with Gasteiger partial charge in [0.25, 0.3) is 0 Å². The van der Waals surface area contributed by atoms with Gasteiger partial charge in [-0.1, -0.05) is 19.3 Å². The van der Waals surface area contributed by atoms with E-state index in [9.17, 15) is 5.11 Å². The van der Waals surface area contributed by atoms with Gasteiger partial charge in [0.1, 0.15) is 17.6 Å². The zero-order chi connectivity index (χ0) is 17.2. The number of piperazine rings is 1. The molecule has 1 atom stereocenters. The summed E-state index contributed by atoms with van der Waals surface area (Å²) in [4.78, 5) is 7.76. The van der Waals surface area contributed by atoms with E-state index in [2.05, 4.69) is 14.7 Å². The Bertz CT molecular complexity index is 541. The van der Waals surface area contributed by atoms with Gasteiger partial charge in [0.2, 0.25) is 0 Å². The Morgan fingerprint density at radius 1 is 1.00 bits per heavy atom. The van der Waals surface area contributed by atoms with Crippen molar-refractivity contribution in [2.45, 2.75) is 57.2 Å². The molecule has 3 fully saturated rings. The zero-order valence-corrected chi connectivity index (χ0v) is 15.6. The first-order valence-electron chi connectivity index (χ1n) is 10.1. The number of aliphatic hydroxyl groups is 1. The number of furan rings is 1. The van der Waals surface area contributed by atoms with Gasteiger partial charge in [-0.25, -0.2) is 0 Å². The van der Waals surface area contributed by atoms with Gasteiger partial charge in [-0.3, -0.25) is 14.7 Å². The normalized spacial score (nSPS) is 26.6. The number of hydrogen-bond acceptors (Lipinski definition) is 5. The number of aryl methyl sites for hydroxylation is 1. The molecule has 3 heterocycles. The molecule has 4 rings (SSSR count). The van der Waals surface area contributed by atoms with Crippen molar-refractivity contribution in [3.05, 3.63) is 23.7 Å². The first kappa shape index (κ1) is 17.5. The van der Waals surface area contributed by atoms with Crippen LogP contribution in [0.1, 0.15) is 49.7 Å². The number of β-amino-alcohol motifs (C(OH)–C–C–N with tert-alkyl or cyclic N) is 1. The third kappa shape index (κ3) is 4.11. The number of likely N-dealkylation sites (tertiary alicyclic amines) is 1. The highest BCUT2D eigenvalue weighted by molar-refractivity contribution is 5.09. The summed E-state index contributed by atoms with van der Waals surface area (Å²) in [5.74, 6) is 1.56. The lowest BCUT2D eigenvalue weighted by Gasteiger charge is -2.49. The molecule has 3 aliphatic rings. The van der Waals surface area contributed by atoms with Crippen LogP contribution in [0.15, 0.2) is 16.5 Å². The number of aliphatic hydroxyl groups excluding tert-OH is 1. The van der Waals surface area contributed by atoms with E-state index in [1.54, 1.807) is 0 Å². The van der Waals surface area contributed by atoms with E-state index in [-0.39, 0.29) is 0 Å². The maximum atomic E-state index is 10.3. The van der Waals surface area contributed by atoms with Gasteiger partial charge in [-0.2, -0.15) is 0 Å². The average Bonchev–Trinajstić information content (AvgIpc) is 3.05. The van der Waals surface area contributed by atoms with E-state index in [1.165, 1.54) is 58.3 Å². The van der Waals surface area contributed by atoms with E-state index >= 15 is 0 Å². The molecule has 1 N–H and O–H groups in total. The fourth-order valence-electron chi connectivity index (χ4n) is 4.80. The predicted octanol–water partition coefficient (Wildman–Crippen LogP) is 2.26. The van der Waals surface area contributed by atoms with Crippen LogP contribution in [0.4, 0.5) is 0 Å². The van der Waals surface area contributed by atoms with Crippen molar-refractivity contribution in [2.75, 3.05) is 45.8 Å². The molecule has 1 saturated carbocycles. The first-order valence-corrected chi connectivity index (χ1v) is 10.1. The highest BCUT2D eigenvalue weighted by Crippen LogP contribution is 2.26. The smallest absolute Gasteiger partial charge is 0.133 e. The van der Waals surface area contributed by atoms with Gasteiger partial charge in [0, 0.05) is 57.9 Å². The first-order chi connectivity index (χ1) is 12.2. The standard InChI is InChI=1S/C20H33N3O2/c1-16-7-8-20(25-16)19(24)15-21-13-18(14-21)23-11-9-22(10-12-23)17-5-3-2-4-6-17/h7-8,17-19,24H,2-6,9-15H2,1H3. The van der Waals surface area contributed by atoms with Crippen molar-refractivity contribution in [3.8, 4) is 0 Å². The molecule has 2 saturated heterocycles. The Labute approximate surface area is 151 Å². The summed E-state index contributed by atoms with van der Waals surface area (Å²) in [6.07, 6.45) is 6.64. The minimum absolute atomic E-state index is 0.502. The molecule has 5 heteroatoms. The molecule has 0 bridgehead atoms. The van der Waals surface area contributed by atoms with E-state index in [1.807, 2.05) is 19.1 Å². The summed E-state index contributed by atoms with van der Waals surface area (Å²) >= 11 is 0. The minimum Gasteiger partial charge on any atom is -0.464 e. The molecule has 25 heavy (non-hydrogen) atoms. The van der Waals surface area contributed by atoms with Crippen LogP contribution in [-0.4, -0.2) is 77.7 Å². The summed E-state index contributed by atoms with van der Waals surface area (Å²) in [5.41, 5.74) is 0. The molecular weight excluding hydrogens is 314 g/mol. The molecule has 1 aromatic rings. The van der Waals surface area contributed by atoms with Crippen molar-refractivity contribution in [1.29, 1.82) is 0 Å². The van der Waals surface area contributed by atoms with Gasteiger partial charge < -0.3 is 9.52 Å². The topological polar surface area (TPSA) is 43.1 Å². The molecule has 140 valence electrons. The van der Waals surface area contributed by atoms with Crippen LogP contribution in [0.3, 0.4) is 0 Å². The predicted molar refractivity (Wildman–Crippen MR) is 98.7 cm³/mol. The maximum Gasteiger partial charge on any atom is 0.133 e. The second-order valence-electron chi connectivity index (χ2n) is 8.20. The monoisotopic (exact) mass is 347 g/mol. The molecule has 0 radical (unpaired) electrons. The van der Waals surface area contributed by atoms with Gasteiger partial charge in [-0.15, -0.1) is 0 Å². The third-order valence-corrected chi connectivity index (χ3v) is 6.41. The lowest BCUT2D eigenvalue weighted by atomic mass is 9.93. The summed E-state index contributed by atoms with van der Waals surface area (Å²) in [6.45, 7) is 9.70. The average molecular weight is 348 g/mol. The van der Waals surface area contributed by atoms with Crippen LogP contribution in [0.2, 0.25) is 0 Å².